The number of carbonyl (C=O) groups is 1. The summed E-state index contributed by atoms with van der Waals surface area (Å²) in [5.41, 5.74) is 3.12. The largest absolute Gasteiger partial charge is 0.481 e. The molecule has 1 N–H and O–H groups in total. The number of halogens is 1. The number of carbonyl (C=O) groups excluding carboxylic acids is 1. The highest BCUT2D eigenvalue weighted by atomic mass is 127. The topological polar surface area (TPSA) is 38.3 Å². The Morgan fingerprint density at radius 2 is 1.46 bits per heavy atom. The lowest BCUT2D eigenvalue weighted by Crippen LogP contribution is -2.30. The predicted molar refractivity (Wildman–Crippen MR) is 123 cm³/mol. The first-order chi connectivity index (χ1) is 13.4. The van der Waals surface area contributed by atoms with Gasteiger partial charge in [-0.05, 0) is 77.0 Å². The minimum absolute atomic E-state index is 0.104. The molecule has 3 aromatic rings. The van der Waals surface area contributed by atoms with E-state index in [1.54, 1.807) is 6.92 Å². The van der Waals surface area contributed by atoms with Crippen molar-refractivity contribution in [3.8, 4) is 5.75 Å². The lowest BCUT2D eigenvalue weighted by atomic mass is 9.78. The highest BCUT2D eigenvalue weighted by Gasteiger charge is 2.23. The molecule has 0 aliphatic heterocycles. The van der Waals surface area contributed by atoms with E-state index in [1.807, 2.05) is 42.5 Å². The van der Waals surface area contributed by atoms with Gasteiger partial charge >= 0.3 is 0 Å². The molecule has 0 fully saturated rings. The Balaban J connectivity index is 1.65. The van der Waals surface area contributed by atoms with Crippen molar-refractivity contribution in [2.75, 3.05) is 5.32 Å². The Morgan fingerprint density at radius 1 is 0.893 bits per heavy atom. The Labute approximate surface area is 180 Å². The fourth-order valence-corrected chi connectivity index (χ4v) is 3.37. The minimum Gasteiger partial charge on any atom is -0.481 e. The van der Waals surface area contributed by atoms with Crippen LogP contribution in [0.3, 0.4) is 0 Å². The second-order valence-electron chi connectivity index (χ2n) is 7.27. The second-order valence-corrected chi connectivity index (χ2v) is 8.52. The van der Waals surface area contributed by atoms with Gasteiger partial charge in [0.15, 0.2) is 6.10 Å². The smallest absolute Gasteiger partial charge is 0.265 e. The van der Waals surface area contributed by atoms with Crippen molar-refractivity contribution >= 4 is 34.2 Å². The van der Waals surface area contributed by atoms with Gasteiger partial charge in [0.2, 0.25) is 0 Å². The Bertz CT molecular complexity index is 919. The molecule has 0 radical (unpaired) electrons. The predicted octanol–water partition coefficient (Wildman–Crippen LogP) is 6.02. The zero-order chi connectivity index (χ0) is 20.1. The summed E-state index contributed by atoms with van der Waals surface area (Å²) in [4.78, 5) is 12.4. The third kappa shape index (κ3) is 4.93. The average molecular weight is 485 g/mol. The van der Waals surface area contributed by atoms with E-state index in [1.165, 1.54) is 11.1 Å². The van der Waals surface area contributed by atoms with E-state index in [-0.39, 0.29) is 11.3 Å². The third-order valence-corrected chi connectivity index (χ3v) is 5.58. The summed E-state index contributed by atoms with van der Waals surface area (Å²) in [5, 5.41) is 2.88. The van der Waals surface area contributed by atoms with Crippen LogP contribution in [0.4, 0.5) is 5.69 Å². The van der Waals surface area contributed by atoms with Crippen LogP contribution in [0.15, 0.2) is 78.9 Å². The van der Waals surface area contributed by atoms with E-state index in [0.29, 0.717) is 5.75 Å². The highest BCUT2D eigenvalue weighted by molar-refractivity contribution is 14.1. The zero-order valence-corrected chi connectivity index (χ0v) is 18.4. The number of rotatable bonds is 6. The minimum atomic E-state index is -0.590. The number of amides is 1. The number of benzene rings is 3. The Kier molecular flexibility index (Phi) is 6.39. The first-order valence-electron chi connectivity index (χ1n) is 9.25. The molecule has 1 amide bonds. The molecular weight excluding hydrogens is 461 g/mol. The zero-order valence-electron chi connectivity index (χ0n) is 16.3. The van der Waals surface area contributed by atoms with Crippen LogP contribution in [0.25, 0.3) is 0 Å². The lowest BCUT2D eigenvalue weighted by molar-refractivity contribution is -0.122. The summed E-state index contributed by atoms with van der Waals surface area (Å²) >= 11 is 2.23. The molecule has 3 rings (SSSR count). The Morgan fingerprint density at radius 3 is 2.07 bits per heavy atom. The van der Waals surface area contributed by atoms with Crippen LogP contribution in [0, 0.1) is 3.57 Å². The van der Waals surface area contributed by atoms with Crippen molar-refractivity contribution in [3.05, 3.63) is 93.6 Å². The van der Waals surface area contributed by atoms with Crippen LogP contribution in [-0.2, 0) is 10.2 Å². The SMILES string of the molecule is CC(Oc1ccc(C(C)(C)c2ccccc2)cc1)C(=O)Nc1ccc(I)cc1. The van der Waals surface area contributed by atoms with E-state index >= 15 is 0 Å². The molecule has 1 unspecified atom stereocenters. The quantitative estimate of drug-likeness (QED) is 0.434. The summed E-state index contributed by atoms with van der Waals surface area (Å²) in [6, 6.07) is 26.1. The van der Waals surface area contributed by atoms with Gasteiger partial charge in [0, 0.05) is 14.7 Å². The number of nitrogens with one attached hydrogen (secondary N) is 1. The average Bonchev–Trinajstić information content (AvgIpc) is 2.70. The number of ether oxygens (including phenoxy) is 1. The summed E-state index contributed by atoms with van der Waals surface area (Å²) < 4.78 is 6.96. The van der Waals surface area contributed by atoms with Crippen molar-refractivity contribution in [3.63, 3.8) is 0 Å². The molecule has 0 saturated heterocycles. The molecular formula is C24H24INO2. The van der Waals surface area contributed by atoms with E-state index in [2.05, 4.69) is 78.2 Å². The molecule has 4 heteroatoms. The van der Waals surface area contributed by atoms with Gasteiger partial charge in [0.1, 0.15) is 5.75 Å². The van der Waals surface area contributed by atoms with Crippen molar-refractivity contribution in [2.24, 2.45) is 0 Å². The number of hydrogen-bond donors (Lipinski definition) is 1. The molecule has 0 bridgehead atoms. The molecule has 0 aliphatic rings. The van der Waals surface area contributed by atoms with Gasteiger partial charge in [-0.25, -0.2) is 0 Å². The fourth-order valence-electron chi connectivity index (χ4n) is 3.01. The number of hydrogen-bond acceptors (Lipinski definition) is 2. The van der Waals surface area contributed by atoms with Gasteiger partial charge in [-0.2, -0.15) is 0 Å². The maximum absolute atomic E-state index is 12.4. The lowest BCUT2D eigenvalue weighted by Gasteiger charge is -2.26. The molecule has 0 aliphatic carbocycles. The molecule has 3 nitrogen and oxygen atoms in total. The molecule has 144 valence electrons. The molecule has 1 atom stereocenters. The second kappa shape index (κ2) is 8.78. The highest BCUT2D eigenvalue weighted by Crippen LogP contribution is 2.32. The van der Waals surface area contributed by atoms with Crippen LogP contribution >= 0.6 is 22.6 Å². The van der Waals surface area contributed by atoms with Crippen molar-refractivity contribution in [1.82, 2.24) is 0 Å². The number of anilines is 1. The maximum Gasteiger partial charge on any atom is 0.265 e. The van der Waals surface area contributed by atoms with Crippen molar-refractivity contribution in [2.45, 2.75) is 32.3 Å². The van der Waals surface area contributed by atoms with Crippen LogP contribution in [0.1, 0.15) is 31.9 Å². The standard InChI is InChI=1S/C24H24INO2/c1-17(23(27)26-21-13-11-20(25)12-14-21)28-22-15-9-19(10-16-22)24(2,3)18-7-5-4-6-8-18/h4-17H,1-3H3,(H,26,27). The third-order valence-electron chi connectivity index (χ3n) is 4.87. The molecule has 28 heavy (non-hydrogen) atoms. The van der Waals surface area contributed by atoms with E-state index in [0.717, 1.165) is 9.26 Å². The van der Waals surface area contributed by atoms with Crippen LogP contribution in [-0.4, -0.2) is 12.0 Å². The van der Waals surface area contributed by atoms with E-state index < -0.39 is 6.10 Å². The first-order valence-corrected chi connectivity index (χ1v) is 10.3. The molecule has 3 aromatic carbocycles. The van der Waals surface area contributed by atoms with Crippen LogP contribution < -0.4 is 10.1 Å². The van der Waals surface area contributed by atoms with Crippen molar-refractivity contribution in [1.29, 1.82) is 0 Å². The van der Waals surface area contributed by atoms with Crippen LogP contribution in [0.5, 0.6) is 5.75 Å². The summed E-state index contributed by atoms with van der Waals surface area (Å²) in [6.45, 7) is 6.16. The Hall–Kier alpha value is -2.34. The van der Waals surface area contributed by atoms with Gasteiger partial charge in [-0.3, -0.25) is 4.79 Å². The van der Waals surface area contributed by atoms with Gasteiger partial charge in [0.25, 0.3) is 5.91 Å². The normalized spacial score (nSPS) is 12.3. The molecule has 0 spiro atoms. The van der Waals surface area contributed by atoms with E-state index in [4.69, 9.17) is 4.74 Å². The fraction of sp³-hybridized carbons (Fsp3) is 0.208. The van der Waals surface area contributed by atoms with Crippen molar-refractivity contribution < 1.29 is 9.53 Å². The summed E-state index contributed by atoms with van der Waals surface area (Å²) in [7, 11) is 0. The molecule has 0 aromatic heterocycles. The summed E-state index contributed by atoms with van der Waals surface area (Å²) in [6.07, 6.45) is -0.590. The van der Waals surface area contributed by atoms with Gasteiger partial charge < -0.3 is 10.1 Å². The van der Waals surface area contributed by atoms with Gasteiger partial charge in [-0.15, -0.1) is 0 Å². The summed E-state index contributed by atoms with van der Waals surface area (Å²) in [5.74, 6) is 0.507. The van der Waals surface area contributed by atoms with E-state index in [9.17, 15) is 4.79 Å². The van der Waals surface area contributed by atoms with Gasteiger partial charge in [-0.1, -0.05) is 56.3 Å². The molecule has 0 saturated carbocycles. The van der Waals surface area contributed by atoms with Crippen LogP contribution in [0.2, 0.25) is 0 Å². The first kappa shape index (κ1) is 20.4. The monoisotopic (exact) mass is 485 g/mol. The van der Waals surface area contributed by atoms with Gasteiger partial charge in [0.05, 0.1) is 0 Å². The maximum atomic E-state index is 12.4. The molecule has 0 heterocycles.